The highest BCUT2D eigenvalue weighted by Crippen LogP contribution is 2.42. The van der Waals surface area contributed by atoms with Crippen molar-refractivity contribution in [2.24, 2.45) is 0 Å². The minimum absolute atomic E-state index is 0.142. The number of aromatic nitrogens is 3. The fraction of sp³-hybridized carbons (Fsp3) is 0. The van der Waals surface area contributed by atoms with Crippen molar-refractivity contribution in [3.63, 3.8) is 0 Å². The van der Waals surface area contributed by atoms with E-state index in [1.807, 2.05) is 36.4 Å². The summed E-state index contributed by atoms with van der Waals surface area (Å²) in [5.74, 6) is 0. The van der Waals surface area contributed by atoms with E-state index in [0.29, 0.717) is 5.56 Å². The number of rotatable bonds is 5. The number of hydrogen-bond acceptors (Lipinski definition) is 0. The van der Waals surface area contributed by atoms with E-state index in [2.05, 4.69) is 0 Å². The van der Waals surface area contributed by atoms with Crippen molar-refractivity contribution in [3.05, 3.63) is 212 Å². The Kier molecular flexibility index (Phi) is 3.81. The number of hydrogen-bond donors (Lipinski definition) is 0. The summed E-state index contributed by atoms with van der Waals surface area (Å²) in [6.07, 6.45) is 0. The molecule has 0 saturated carbocycles. The Labute approximate surface area is 359 Å². The Morgan fingerprint density at radius 3 is 1.65 bits per heavy atom. The van der Waals surface area contributed by atoms with Gasteiger partial charge in [0.15, 0.2) is 0 Å². The van der Waals surface area contributed by atoms with Gasteiger partial charge >= 0.3 is 0 Å². The Bertz CT molecular complexity index is 4740. The molecule has 12 rings (SSSR count). The molecule has 3 heterocycles. The van der Waals surface area contributed by atoms with Gasteiger partial charge in [-0.15, -0.1) is 0 Å². The van der Waals surface area contributed by atoms with Crippen LogP contribution < -0.4 is 0 Å². The van der Waals surface area contributed by atoms with Crippen molar-refractivity contribution in [1.29, 1.82) is 0 Å². The maximum Gasteiger partial charge on any atom is 0.0652 e. The third kappa shape index (κ3) is 4.79. The summed E-state index contributed by atoms with van der Waals surface area (Å²) in [7, 11) is 0. The highest BCUT2D eigenvalue weighted by Gasteiger charge is 2.20. The lowest BCUT2D eigenvalue weighted by Gasteiger charge is -2.12. The molecule has 12 aromatic rings. The molecule has 0 aliphatic rings. The van der Waals surface area contributed by atoms with Gasteiger partial charge in [-0.25, -0.2) is 0 Å². The van der Waals surface area contributed by atoms with Crippen molar-refractivity contribution >= 4 is 65.4 Å². The van der Waals surface area contributed by atoms with Gasteiger partial charge in [-0.3, -0.25) is 0 Å². The molecule has 57 heavy (non-hydrogen) atoms. The zero-order chi connectivity index (χ0) is 55.7. The van der Waals surface area contributed by atoms with E-state index in [-0.39, 0.29) is 55.0 Å². The van der Waals surface area contributed by atoms with Crippen molar-refractivity contribution < 1.29 is 28.8 Å². The van der Waals surface area contributed by atoms with Crippen LogP contribution in [0.3, 0.4) is 0 Å². The summed E-state index contributed by atoms with van der Waals surface area (Å²) in [5, 5.41) is -1.83. The fourth-order valence-electron chi connectivity index (χ4n) is 7.77. The van der Waals surface area contributed by atoms with Gasteiger partial charge in [0.05, 0.1) is 67.6 Å². The minimum atomic E-state index is -0.870. The van der Waals surface area contributed by atoms with E-state index >= 15 is 0 Å². The third-order valence-electron chi connectivity index (χ3n) is 10.2. The molecule has 0 amide bonds. The molecular weight excluding hydrogens is 691 g/mol. The zero-order valence-corrected chi connectivity index (χ0v) is 29.4. The first-order valence-corrected chi connectivity index (χ1v) is 17.9. The van der Waals surface area contributed by atoms with E-state index in [0.717, 1.165) is 10.1 Å². The van der Waals surface area contributed by atoms with E-state index in [1.165, 1.54) is 9.13 Å². The molecule has 0 unspecified atom stereocenters. The van der Waals surface area contributed by atoms with Crippen molar-refractivity contribution in [2.75, 3.05) is 0 Å². The average molecular weight is 747 g/mol. The van der Waals surface area contributed by atoms with Gasteiger partial charge < -0.3 is 13.7 Å². The predicted octanol–water partition coefficient (Wildman–Crippen LogP) is 14.3. The Balaban J connectivity index is 1.29. The Hall–Kier alpha value is -7.62. The zero-order valence-electron chi connectivity index (χ0n) is 50.4. The van der Waals surface area contributed by atoms with Crippen LogP contribution in [0.1, 0.15) is 28.8 Å². The molecule has 0 N–H and O–H groups in total. The predicted molar refractivity (Wildman–Crippen MR) is 240 cm³/mol. The van der Waals surface area contributed by atoms with Crippen LogP contribution >= 0.6 is 0 Å². The molecule has 0 bridgehead atoms. The molecule has 0 radical (unpaired) electrons. The molecular formula is C54H35N3. The molecule has 0 atom stereocenters. The highest BCUT2D eigenvalue weighted by molar-refractivity contribution is 6.17. The molecule has 9 aromatic carbocycles. The maximum absolute atomic E-state index is 10.1. The van der Waals surface area contributed by atoms with E-state index in [1.54, 1.807) is 48.5 Å². The van der Waals surface area contributed by atoms with Crippen LogP contribution in [0.25, 0.3) is 105 Å². The highest BCUT2D eigenvalue weighted by atomic mass is 15.0. The van der Waals surface area contributed by atoms with E-state index in [4.69, 9.17) is 9.60 Å². The Morgan fingerprint density at radius 2 is 0.860 bits per heavy atom. The monoisotopic (exact) mass is 746 g/mol. The summed E-state index contributed by atoms with van der Waals surface area (Å²) >= 11 is 0. The molecule has 266 valence electrons. The smallest absolute Gasteiger partial charge is 0.0652 e. The van der Waals surface area contributed by atoms with Crippen LogP contribution in [-0.4, -0.2) is 13.7 Å². The van der Waals surface area contributed by atoms with Crippen molar-refractivity contribution in [1.82, 2.24) is 13.7 Å². The molecule has 0 saturated heterocycles. The van der Waals surface area contributed by atoms with Gasteiger partial charge in [0.2, 0.25) is 0 Å². The second-order valence-corrected chi connectivity index (χ2v) is 13.3. The lowest BCUT2D eigenvalue weighted by atomic mass is 10.0. The topological polar surface area (TPSA) is 14.8 Å². The van der Waals surface area contributed by atoms with Crippen LogP contribution in [-0.2, 0) is 0 Å². The lowest BCUT2D eigenvalue weighted by Crippen LogP contribution is -1.96. The van der Waals surface area contributed by atoms with Gasteiger partial charge in [-0.05, 0) is 94.9 Å². The molecule has 0 aliphatic carbocycles. The van der Waals surface area contributed by atoms with Gasteiger partial charge in [-0.1, -0.05) is 139 Å². The van der Waals surface area contributed by atoms with Gasteiger partial charge in [0.25, 0.3) is 0 Å². The molecule has 0 aliphatic heterocycles. The van der Waals surface area contributed by atoms with Crippen LogP contribution in [0.2, 0.25) is 0 Å². The summed E-state index contributed by atoms with van der Waals surface area (Å²) in [5.41, 5.74) is -1.43. The second kappa shape index (κ2) is 12.5. The summed E-state index contributed by atoms with van der Waals surface area (Å²) in [6, 6.07) is 9.37. The van der Waals surface area contributed by atoms with Crippen LogP contribution in [0.15, 0.2) is 212 Å². The first-order valence-electron chi connectivity index (χ1n) is 28.4. The van der Waals surface area contributed by atoms with Crippen molar-refractivity contribution in [3.8, 4) is 39.3 Å². The fourth-order valence-corrected chi connectivity index (χ4v) is 7.77. The molecule has 3 heteroatoms. The SMILES string of the molecule is [2H]c1c([2H])c([2H])c2c(c1[2H])c1c([2H])c([2H])c(-c3c([2H])c([2H])c4c(c3[2H])c3c([2H])c([2H])c([2H])c([2H])c3n4-c3c([2H])c([2H])c([2H])c4c3c3c([2H])c([2H])c([2H])c([2H])c3n4-c3ccccc3)c([2H])c1n2-c1cccc(-c2ccccc2)c1. The largest absolute Gasteiger partial charge is 0.309 e. The molecule has 0 spiro atoms. The lowest BCUT2D eigenvalue weighted by molar-refractivity contribution is 1.17. The van der Waals surface area contributed by atoms with Crippen LogP contribution in [0.4, 0.5) is 0 Å². The number of nitrogens with zero attached hydrogens (tertiary/aromatic N) is 3. The van der Waals surface area contributed by atoms with E-state index in [9.17, 15) is 19.2 Å². The number of para-hydroxylation sites is 4. The normalized spacial score (nSPS) is 17.0. The van der Waals surface area contributed by atoms with Crippen LogP contribution in [0, 0.1) is 0 Å². The van der Waals surface area contributed by atoms with Gasteiger partial charge in [0, 0.05) is 43.7 Å². The standard InChI is InChI=1S/C54H35N3/c1-3-15-36(16-4-1)37-17-13-20-41(33-37)56-47-24-10-7-21-42(47)44-31-29-39(35-53(44)56)38-30-32-50-46(34-38)43-22-8-11-25-48(43)57(50)52-28-14-27-51-54(52)45-23-9-12-26-49(45)55(51)40-18-5-2-6-19-40/h1-35H/i7D,8D,9D,10D,11D,12D,14D,21D,22D,23D,24D,25D,26D,27D,28D,29D,30D,31D,32D,34D,35D. The number of benzene rings is 9. The quantitative estimate of drug-likeness (QED) is 0.167. The maximum atomic E-state index is 10.1. The average Bonchev–Trinajstić information content (AvgIpc) is 4.28. The third-order valence-corrected chi connectivity index (χ3v) is 10.2. The van der Waals surface area contributed by atoms with E-state index < -0.39 is 166 Å². The Morgan fingerprint density at radius 1 is 0.316 bits per heavy atom. The van der Waals surface area contributed by atoms with Crippen LogP contribution in [0.5, 0.6) is 0 Å². The first-order chi connectivity index (χ1) is 37.1. The summed E-state index contributed by atoms with van der Waals surface area (Å²) < 4.78 is 200. The number of fused-ring (bicyclic) bond motifs is 9. The molecule has 0 fully saturated rings. The summed E-state index contributed by atoms with van der Waals surface area (Å²) in [4.78, 5) is 0. The second-order valence-electron chi connectivity index (χ2n) is 13.3. The molecule has 3 nitrogen and oxygen atoms in total. The minimum Gasteiger partial charge on any atom is -0.309 e. The first kappa shape index (κ1) is 17.5. The summed E-state index contributed by atoms with van der Waals surface area (Å²) in [6.45, 7) is 0. The van der Waals surface area contributed by atoms with Crippen molar-refractivity contribution in [2.45, 2.75) is 0 Å². The molecule has 3 aromatic heterocycles. The van der Waals surface area contributed by atoms with Gasteiger partial charge in [-0.2, -0.15) is 0 Å². The van der Waals surface area contributed by atoms with Gasteiger partial charge in [0.1, 0.15) is 0 Å².